The lowest BCUT2D eigenvalue weighted by atomic mass is 9.98. The predicted molar refractivity (Wildman–Crippen MR) is 44.3 cm³/mol. The predicted octanol–water partition coefficient (Wildman–Crippen LogP) is 1.87. The van der Waals surface area contributed by atoms with E-state index in [9.17, 15) is 0 Å². The van der Waals surface area contributed by atoms with Gasteiger partial charge in [0.2, 0.25) is 0 Å². The van der Waals surface area contributed by atoms with Gasteiger partial charge in [-0.05, 0) is 26.8 Å². The normalized spacial score (nSPS) is 11.2. The Morgan fingerprint density at radius 1 is 1.40 bits per heavy atom. The van der Waals surface area contributed by atoms with Gasteiger partial charge in [0.15, 0.2) is 0 Å². The molecule has 55 valence electrons. The molecule has 0 rings (SSSR count). The molecule has 0 amide bonds. The summed E-state index contributed by atoms with van der Waals surface area (Å²) in [5.74, 6) is 5.91. The van der Waals surface area contributed by atoms with E-state index in [1.165, 1.54) is 0 Å². The zero-order valence-corrected chi connectivity index (χ0v) is 6.86. The van der Waals surface area contributed by atoms with Gasteiger partial charge in [0.1, 0.15) is 0 Å². The maximum Gasteiger partial charge on any atom is 0.0290 e. The number of hydrogen-bond donors (Lipinski definition) is 0. The summed E-state index contributed by atoms with van der Waals surface area (Å²) < 4.78 is 0. The number of rotatable bonds is 1. The van der Waals surface area contributed by atoms with E-state index >= 15 is 0 Å². The van der Waals surface area contributed by atoms with Crippen molar-refractivity contribution in [3.05, 3.63) is 12.2 Å². The zero-order chi connectivity index (χ0) is 8.04. The van der Waals surface area contributed by atoms with Gasteiger partial charge in [0, 0.05) is 12.0 Å². The molecule has 0 heterocycles. The van der Waals surface area contributed by atoms with Crippen LogP contribution in [0.2, 0.25) is 0 Å². The number of nitrogens with one attached hydrogen (secondary N) is 1. The highest BCUT2D eigenvalue weighted by atomic mass is 14.5. The molecule has 0 spiro atoms. The molecular weight excluding hydrogens is 122 g/mol. The molecule has 0 aliphatic heterocycles. The van der Waals surface area contributed by atoms with Gasteiger partial charge in [-0.15, -0.1) is 0 Å². The van der Waals surface area contributed by atoms with Gasteiger partial charge in [0.05, 0.1) is 0 Å². The molecule has 1 heteroatoms. The van der Waals surface area contributed by atoms with Gasteiger partial charge in [0.25, 0.3) is 0 Å². The summed E-state index contributed by atoms with van der Waals surface area (Å²) in [4.78, 5) is 0. The minimum atomic E-state index is 0.0758. The first-order valence-corrected chi connectivity index (χ1v) is 3.38. The first-order valence-electron chi connectivity index (χ1n) is 3.38. The van der Waals surface area contributed by atoms with E-state index in [1.807, 2.05) is 0 Å². The lowest BCUT2D eigenvalue weighted by Gasteiger charge is -2.05. The van der Waals surface area contributed by atoms with Crippen molar-refractivity contribution in [1.82, 2.24) is 5.73 Å². The van der Waals surface area contributed by atoms with Crippen LogP contribution < -0.4 is 5.73 Å². The van der Waals surface area contributed by atoms with E-state index in [0.717, 1.165) is 0 Å². The fraction of sp³-hybridized carbons (Fsp3) is 0.556. The molecule has 1 radical (unpaired) electrons. The summed E-state index contributed by atoms with van der Waals surface area (Å²) in [7, 11) is 0. The Kier molecular flexibility index (Phi) is 3.83. The van der Waals surface area contributed by atoms with Crippen LogP contribution in [0, 0.1) is 17.3 Å². The van der Waals surface area contributed by atoms with Crippen molar-refractivity contribution in [1.29, 1.82) is 0 Å². The fourth-order valence-electron chi connectivity index (χ4n) is 0.376. The summed E-state index contributed by atoms with van der Waals surface area (Å²) in [6, 6.07) is 0. The van der Waals surface area contributed by atoms with Crippen molar-refractivity contribution in [3.63, 3.8) is 0 Å². The van der Waals surface area contributed by atoms with E-state index in [-0.39, 0.29) is 5.41 Å². The monoisotopic (exact) mass is 136 g/mol. The third-order valence-corrected chi connectivity index (χ3v) is 0.766. The molecule has 0 aromatic heterocycles. The molecule has 10 heavy (non-hydrogen) atoms. The Bertz CT molecular complexity index is 161. The number of allylic oxidation sites excluding steroid dienone is 1. The average Bonchev–Trinajstić information content (AvgIpc) is 1.78. The Morgan fingerprint density at radius 2 is 2.00 bits per heavy atom. The Morgan fingerprint density at radius 3 is 2.40 bits per heavy atom. The Hall–Kier alpha value is -0.740. The molecule has 0 aliphatic carbocycles. The topological polar surface area (TPSA) is 23.8 Å². The highest BCUT2D eigenvalue weighted by Crippen LogP contribution is 2.09. The molecule has 0 bridgehead atoms. The lowest BCUT2D eigenvalue weighted by molar-refractivity contribution is 0.571. The van der Waals surface area contributed by atoms with E-state index < -0.39 is 0 Å². The molecule has 0 unspecified atom stereocenters. The molecule has 0 aliphatic rings. The minimum Gasteiger partial charge on any atom is -0.254 e. The summed E-state index contributed by atoms with van der Waals surface area (Å²) in [6.07, 6.45) is 3.47. The Balaban J connectivity index is 3.81. The smallest absolute Gasteiger partial charge is 0.0290 e. The molecule has 1 N–H and O–H groups in total. The molecule has 1 nitrogen and oxygen atoms in total. The van der Waals surface area contributed by atoms with Crippen LogP contribution in [-0.2, 0) is 0 Å². The molecule has 0 aromatic carbocycles. The van der Waals surface area contributed by atoms with Crippen LogP contribution in [0.5, 0.6) is 0 Å². The van der Waals surface area contributed by atoms with Crippen LogP contribution in [0.3, 0.4) is 0 Å². The number of hydrogen-bond acceptors (Lipinski definition) is 0. The van der Waals surface area contributed by atoms with Gasteiger partial charge < -0.3 is 0 Å². The van der Waals surface area contributed by atoms with Gasteiger partial charge in [-0.3, -0.25) is 5.73 Å². The van der Waals surface area contributed by atoms with E-state index in [2.05, 4.69) is 32.6 Å². The summed E-state index contributed by atoms with van der Waals surface area (Å²) >= 11 is 0. The summed E-state index contributed by atoms with van der Waals surface area (Å²) in [5, 5.41) is 0. The maximum atomic E-state index is 6.78. The highest BCUT2D eigenvalue weighted by molar-refractivity contribution is 5.18. The molecule has 0 atom stereocenters. The van der Waals surface area contributed by atoms with Gasteiger partial charge in [-0.25, -0.2) is 0 Å². The summed E-state index contributed by atoms with van der Waals surface area (Å²) in [6.45, 7) is 6.51. The van der Waals surface area contributed by atoms with Crippen molar-refractivity contribution in [2.75, 3.05) is 6.54 Å². The largest absolute Gasteiger partial charge is 0.254 e. The second-order valence-electron chi connectivity index (χ2n) is 3.13. The third-order valence-electron chi connectivity index (χ3n) is 0.766. The van der Waals surface area contributed by atoms with Crippen LogP contribution in [0.15, 0.2) is 12.2 Å². The van der Waals surface area contributed by atoms with Gasteiger partial charge >= 0.3 is 0 Å². The first kappa shape index (κ1) is 9.26. The standard InChI is InChI=1S/C9H14N/c1-9(2,3)7-5-4-6-8-10/h4,6,10H,8H2,1-3H3. The van der Waals surface area contributed by atoms with Crippen molar-refractivity contribution >= 4 is 0 Å². The SMILES string of the molecule is CC(C)(C)C#CC=CC[NH]. The highest BCUT2D eigenvalue weighted by Gasteiger charge is 2.01. The van der Waals surface area contributed by atoms with Gasteiger partial charge in [-0.2, -0.15) is 0 Å². The van der Waals surface area contributed by atoms with Crippen LogP contribution >= 0.6 is 0 Å². The van der Waals surface area contributed by atoms with Crippen molar-refractivity contribution in [2.24, 2.45) is 5.41 Å². The first-order chi connectivity index (χ1) is 4.56. The lowest BCUT2D eigenvalue weighted by Crippen LogP contribution is -1.98. The van der Waals surface area contributed by atoms with E-state index in [1.54, 1.807) is 12.2 Å². The molecule has 0 saturated carbocycles. The average molecular weight is 136 g/mol. The van der Waals surface area contributed by atoms with Crippen molar-refractivity contribution < 1.29 is 0 Å². The second kappa shape index (κ2) is 4.14. The van der Waals surface area contributed by atoms with Crippen molar-refractivity contribution in [2.45, 2.75) is 20.8 Å². The second-order valence-corrected chi connectivity index (χ2v) is 3.13. The third kappa shape index (κ3) is 7.26. The quantitative estimate of drug-likeness (QED) is 0.491. The van der Waals surface area contributed by atoms with E-state index in [0.29, 0.717) is 6.54 Å². The van der Waals surface area contributed by atoms with Crippen LogP contribution in [0.25, 0.3) is 0 Å². The van der Waals surface area contributed by atoms with Crippen molar-refractivity contribution in [3.8, 4) is 11.8 Å². The van der Waals surface area contributed by atoms with Gasteiger partial charge in [-0.1, -0.05) is 17.9 Å². The molecular formula is C9H14N. The van der Waals surface area contributed by atoms with Crippen LogP contribution in [-0.4, -0.2) is 6.54 Å². The minimum absolute atomic E-state index is 0.0758. The summed E-state index contributed by atoms with van der Waals surface area (Å²) in [5.41, 5.74) is 6.86. The molecule has 0 saturated heterocycles. The Labute approximate surface area is 63.3 Å². The molecule has 0 aromatic rings. The molecule has 0 fully saturated rings. The fourth-order valence-corrected chi connectivity index (χ4v) is 0.376. The zero-order valence-electron chi connectivity index (χ0n) is 6.86. The maximum absolute atomic E-state index is 6.78. The van der Waals surface area contributed by atoms with Crippen LogP contribution in [0.4, 0.5) is 0 Å². The van der Waals surface area contributed by atoms with Crippen LogP contribution in [0.1, 0.15) is 20.8 Å². The van der Waals surface area contributed by atoms with E-state index in [4.69, 9.17) is 5.73 Å².